The van der Waals surface area contributed by atoms with Gasteiger partial charge in [-0.15, -0.1) is 0 Å². The van der Waals surface area contributed by atoms with Gasteiger partial charge in [0, 0.05) is 6.20 Å². The van der Waals surface area contributed by atoms with Crippen LogP contribution in [0.15, 0.2) is 23.4 Å². The Bertz CT molecular complexity index is 283. The van der Waals surface area contributed by atoms with E-state index in [1.165, 1.54) is 0 Å². The van der Waals surface area contributed by atoms with Crippen LogP contribution in [-0.2, 0) is 0 Å². The number of aromatic nitrogens is 1. The Kier molecular flexibility index (Phi) is 2.81. The van der Waals surface area contributed by atoms with Gasteiger partial charge in [0.15, 0.2) is 0 Å². The summed E-state index contributed by atoms with van der Waals surface area (Å²) in [5.74, 6) is 5.11. The summed E-state index contributed by atoms with van der Waals surface area (Å²) < 4.78 is 0.737. The monoisotopic (exact) mass is 261 g/mol. The summed E-state index contributed by atoms with van der Waals surface area (Å²) in [6.07, 6.45) is 1.73. The van der Waals surface area contributed by atoms with E-state index in [0.717, 1.165) is 15.0 Å². The molecule has 0 radical (unpaired) electrons. The van der Waals surface area contributed by atoms with Gasteiger partial charge >= 0.3 is 0 Å². The lowest BCUT2D eigenvalue weighted by atomic mass is 10.2. The fourth-order valence-corrected chi connectivity index (χ4v) is 1.33. The summed E-state index contributed by atoms with van der Waals surface area (Å²) >= 11 is 2.06. The highest BCUT2D eigenvalue weighted by Gasteiger charge is 2.02. The topological polar surface area (TPSA) is 51.3 Å². The number of pyridine rings is 1. The maximum atomic E-state index is 5.11. The zero-order chi connectivity index (χ0) is 8.27. The predicted octanol–water partition coefficient (Wildman–Crippen LogP) is 1.45. The van der Waals surface area contributed by atoms with Gasteiger partial charge in [0.2, 0.25) is 0 Å². The second kappa shape index (κ2) is 3.66. The van der Waals surface area contributed by atoms with Gasteiger partial charge in [-0.2, -0.15) is 5.10 Å². The highest BCUT2D eigenvalue weighted by molar-refractivity contribution is 14.1. The molecule has 1 rings (SSSR count). The standard InChI is InChI=1S/C7H8IN3/c1-5-3-2-4-10-6(5)7(8)11-9/h2-4H,9H2,1H3/b11-7+. The van der Waals surface area contributed by atoms with Gasteiger partial charge in [0.05, 0.1) is 5.69 Å². The molecule has 0 aliphatic rings. The lowest BCUT2D eigenvalue weighted by Gasteiger charge is -1.99. The number of halogens is 1. The molecule has 11 heavy (non-hydrogen) atoms. The lowest BCUT2D eigenvalue weighted by Crippen LogP contribution is -2.00. The number of aryl methyl sites for hydroxylation is 1. The molecule has 1 aromatic heterocycles. The van der Waals surface area contributed by atoms with Crippen LogP contribution >= 0.6 is 22.6 Å². The maximum Gasteiger partial charge on any atom is 0.146 e. The van der Waals surface area contributed by atoms with Crippen LogP contribution in [0.25, 0.3) is 0 Å². The molecule has 0 spiro atoms. The van der Waals surface area contributed by atoms with Crippen molar-refractivity contribution in [1.82, 2.24) is 4.98 Å². The molecule has 0 aliphatic heterocycles. The van der Waals surface area contributed by atoms with Crippen LogP contribution in [-0.4, -0.2) is 8.70 Å². The minimum absolute atomic E-state index is 0.737. The number of hydrogen-bond acceptors (Lipinski definition) is 3. The fraction of sp³-hybridized carbons (Fsp3) is 0.143. The highest BCUT2D eigenvalue weighted by atomic mass is 127. The second-order valence-corrected chi connectivity index (χ2v) is 3.11. The number of hydrazone groups is 1. The lowest BCUT2D eigenvalue weighted by molar-refractivity contribution is 1.21. The molecule has 2 N–H and O–H groups in total. The Morgan fingerprint density at radius 2 is 2.45 bits per heavy atom. The first kappa shape index (κ1) is 8.45. The van der Waals surface area contributed by atoms with Crippen molar-refractivity contribution in [1.29, 1.82) is 0 Å². The normalized spacial score (nSPS) is 11.6. The molecule has 4 heteroatoms. The summed E-state index contributed by atoms with van der Waals surface area (Å²) in [6, 6.07) is 3.87. The van der Waals surface area contributed by atoms with Gasteiger partial charge in [0.25, 0.3) is 0 Å². The van der Waals surface area contributed by atoms with Crippen molar-refractivity contribution in [2.45, 2.75) is 6.92 Å². The van der Waals surface area contributed by atoms with E-state index in [2.05, 4.69) is 32.7 Å². The Labute approximate surface area is 78.8 Å². The zero-order valence-corrected chi connectivity index (χ0v) is 8.24. The molecule has 0 fully saturated rings. The smallest absolute Gasteiger partial charge is 0.146 e. The third-order valence-corrected chi connectivity index (χ3v) is 2.11. The van der Waals surface area contributed by atoms with Gasteiger partial charge in [-0.05, 0) is 41.1 Å². The largest absolute Gasteiger partial charge is 0.322 e. The quantitative estimate of drug-likeness (QED) is 0.360. The van der Waals surface area contributed by atoms with Gasteiger partial charge in [-0.1, -0.05) is 6.07 Å². The van der Waals surface area contributed by atoms with E-state index in [1.807, 2.05) is 19.1 Å². The van der Waals surface area contributed by atoms with Crippen LogP contribution in [0.5, 0.6) is 0 Å². The third kappa shape index (κ3) is 1.89. The molecule has 3 nitrogen and oxygen atoms in total. The van der Waals surface area contributed by atoms with E-state index < -0.39 is 0 Å². The molecule has 0 unspecified atom stereocenters. The SMILES string of the molecule is Cc1cccnc1/C(I)=N\N. The summed E-state index contributed by atoms with van der Waals surface area (Å²) in [6.45, 7) is 1.98. The highest BCUT2D eigenvalue weighted by Crippen LogP contribution is 2.08. The van der Waals surface area contributed by atoms with Gasteiger partial charge in [-0.25, -0.2) is 0 Å². The van der Waals surface area contributed by atoms with Crippen LogP contribution in [0.2, 0.25) is 0 Å². The first-order chi connectivity index (χ1) is 5.25. The van der Waals surface area contributed by atoms with Crippen molar-refractivity contribution < 1.29 is 0 Å². The van der Waals surface area contributed by atoms with Crippen molar-refractivity contribution in [2.24, 2.45) is 10.9 Å². The average molecular weight is 261 g/mol. The van der Waals surface area contributed by atoms with Crippen molar-refractivity contribution >= 4 is 26.3 Å². The fourth-order valence-electron chi connectivity index (χ4n) is 0.763. The van der Waals surface area contributed by atoms with Crippen LogP contribution in [0.1, 0.15) is 11.3 Å². The van der Waals surface area contributed by atoms with Crippen LogP contribution in [0.4, 0.5) is 0 Å². The zero-order valence-electron chi connectivity index (χ0n) is 6.08. The molecule has 0 atom stereocenters. The van der Waals surface area contributed by atoms with E-state index in [0.29, 0.717) is 0 Å². The van der Waals surface area contributed by atoms with Crippen molar-refractivity contribution in [2.75, 3.05) is 0 Å². The molecule has 0 aliphatic carbocycles. The van der Waals surface area contributed by atoms with Gasteiger partial charge in [-0.3, -0.25) is 4.98 Å². The number of nitrogens with zero attached hydrogens (tertiary/aromatic N) is 2. The van der Waals surface area contributed by atoms with Crippen molar-refractivity contribution in [3.05, 3.63) is 29.6 Å². The van der Waals surface area contributed by atoms with Crippen LogP contribution in [0.3, 0.4) is 0 Å². The molecule has 1 heterocycles. The van der Waals surface area contributed by atoms with Gasteiger partial charge < -0.3 is 5.84 Å². The molecule has 1 aromatic rings. The molecule has 0 bridgehead atoms. The van der Waals surface area contributed by atoms with E-state index in [9.17, 15) is 0 Å². The summed E-state index contributed by atoms with van der Waals surface area (Å²) in [4.78, 5) is 4.13. The predicted molar refractivity (Wildman–Crippen MR) is 53.7 cm³/mol. The minimum atomic E-state index is 0.737. The Morgan fingerprint density at radius 1 is 1.73 bits per heavy atom. The summed E-state index contributed by atoms with van der Waals surface area (Å²) in [5.41, 5.74) is 1.95. The number of hydrogen-bond donors (Lipinski definition) is 1. The first-order valence-electron chi connectivity index (χ1n) is 3.11. The molecule has 0 amide bonds. The average Bonchev–Trinajstić information content (AvgIpc) is 2.04. The van der Waals surface area contributed by atoms with Crippen molar-refractivity contribution in [3.63, 3.8) is 0 Å². The minimum Gasteiger partial charge on any atom is -0.322 e. The maximum absolute atomic E-state index is 5.11. The van der Waals surface area contributed by atoms with E-state index >= 15 is 0 Å². The van der Waals surface area contributed by atoms with Crippen LogP contribution < -0.4 is 5.84 Å². The molecule has 58 valence electrons. The number of rotatable bonds is 1. The third-order valence-electron chi connectivity index (χ3n) is 1.32. The Balaban J connectivity index is 3.14. The Hall–Kier alpha value is -0.650. The van der Waals surface area contributed by atoms with E-state index in [1.54, 1.807) is 6.20 Å². The Morgan fingerprint density at radius 3 is 3.00 bits per heavy atom. The van der Waals surface area contributed by atoms with E-state index in [4.69, 9.17) is 5.84 Å². The number of nitrogens with two attached hydrogens (primary N) is 1. The molecule has 0 saturated carbocycles. The van der Waals surface area contributed by atoms with Crippen LogP contribution in [0, 0.1) is 6.92 Å². The van der Waals surface area contributed by atoms with E-state index in [-0.39, 0.29) is 0 Å². The molecular weight excluding hydrogens is 253 g/mol. The molecule has 0 saturated heterocycles. The molecule has 0 aromatic carbocycles. The van der Waals surface area contributed by atoms with Gasteiger partial charge in [0.1, 0.15) is 3.72 Å². The summed E-state index contributed by atoms with van der Waals surface area (Å²) in [7, 11) is 0. The summed E-state index contributed by atoms with van der Waals surface area (Å²) in [5, 5.41) is 3.56. The van der Waals surface area contributed by atoms with Crippen molar-refractivity contribution in [3.8, 4) is 0 Å². The molecular formula is C7H8IN3. The second-order valence-electron chi connectivity index (χ2n) is 2.09. The first-order valence-corrected chi connectivity index (χ1v) is 4.19.